The van der Waals surface area contributed by atoms with E-state index in [2.05, 4.69) is 25.5 Å². The van der Waals surface area contributed by atoms with Gasteiger partial charge in [0.25, 0.3) is 11.9 Å². The number of hydrogen-bond donors (Lipinski definition) is 4. The van der Waals surface area contributed by atoms with Crippen LogP contribution in [0.15, 0.2) is 34.9 Å². The Labute approximate surface area is 225 Å². The molecule has 204 valence electrons. The third-order valence-electron chi connectivity index (χ3n) is 7.57. The first-order valence-electron chi connectivity index (χ1n) is 13.3. The Morgan fingerprint density at radius 3 is 2.64 bits per heavy atom. The highest BCUT2D eigenvalue weighted by Crippen LogP contribution is 2.41. The van der Waals surface area contributed by atoms with E-state index in [4.69, 9.17) is 19.5 Å². The first-order chi connectivity index (χ1) is 19.0. The van der Waals surface area contributed by atoms with Gasteiger partial charge < -0.3 is 40.1 Å². The van der Waals surface area contributed by atoms with Crippen LogP contribution < -0.4 is 20.4 Å². The molecule has 2 bridgehead atoms. The third kappa shape index (κ3) is 4.92. The number of carbonyl (C=O) groups is 1. The molecule has 2 atom stereocenters. The van der Waals surface area contributed by atoms with E-state index < -0.39 is 0 Å². The topological polar surface area (TPSA) is 153 Å². The lowest BCUT2D eigenvalue weighted by Gasteiger charge is -2.38. The van der Waals surface area contributed by atoms with Gasteiger partial charge in [0, 0.05) is 56.3 Å². The number of aromatic nitrogens is 3. The quantitative estimate of drug-likeness (QED) is 0.334. The Balaban J connectivity index is 1.38. The molecule has 6 rings (SSSR count). The van der Waals surface area contributed by atoms with Crippen LogP contribution in [-0.2, 0) is 4.74 Å². The zero-order chi connectivity index (χ0) is 26.9. The molecule has 3 aromatic heterocycles. The number of hydrogen-bond acceptors (Lipinski definition) is 11. The average molecular weight is 533 g/mol. The summed E-state index contributed by atoms with van der Waals surface area (Å²) >= 11 is 0. The van der Waals surface area contributed by atoms with E-state index in [1.165, 1.54) is 6.21 Å². The van der Waals surface area contributed by atoms with Crippen molar-refractivity contribution in [1.82, 2.24) is 20.3 Å². The number of amides is 1. The van der Waals surface area contributed by atoms with Gasteiger partial charge in [-0.15, -0.1) is 0 Å². The van der Waals surface area contributed by atoms with Crippen LogP contribution in [0.1, 0.15) is 41.7 Å². The van der Waals surface area contributed by atoms with Crippen LogP contribution in [0.4, 0.5) is 17.7 Å². The number of carbonyl (C=O) groups excluding carboxylic acids is 1. The summed E-state index contributed by atoms with van der Waals surface area (Å²) in [6.07, 6.45) is 5.69. The van der Waals surface area contributed by atoms with E-state index in [9.17, 15) is 9.90 Å². The van der Waals surface area contributed by atoms with Crippen molar-refractivity contribution in [1.29, 1.82) is 5.41 Å². The second-order valence-electron chi connectivity index (χ2n) is 10.1. The number of rotatable bonds is 7. The maximum atomic E-state index is 13.8. The Hall–Kier alpha value is -4.03. The summed E-state index contributed by atoms with van der Waals surface area (Å²) in [5.74, 6) is 0.538. The monoisotopic (exact) mass is 532 g/mol. The number of oxazole rings is 1. The summed E-state index contributed by atoms with van der Waals surface area (Å²) in [6.45, 7) is 2.53. The molecular formula is C27H32N8O4. The predicted octanol–water partition coefficient (Wildman–Crippen LogP) is 2.41. The van der Waals surface area contributed by atoms with Crippen LogP contribution in [0, 0.1) is 5.41 Å². The lowest BCUT2D eigenvalue weighted by atomic mass is 9.99. The molecule has 4 N–H and O–H groups in total. The molecule has 3 aliphatic heterocycles. The molecule has 3 aliphatic rings. The van der Waals surface area contributed by atoms with Crippen LogP contribution >= 0.6 is 0 Å². The Morgan fingerprint density at radius 1 is 1.15 bits per heavy atom. The summed E-state index contributed by atoms with van der Waals surface area (Å²) in [5.41, 5.74) is 2.38. The number of aliphatic hydroxyl groups excluding tert-OH is 1. The van der Waals surface area contributed by atoms with E-state index >= 15 is 0 Å². The molecule has 12 heteroatoms. The molecular weight excluding hydrogens is 500 g/mol. The molecule has 3 saturated heterocycles. The fraction of sp³-hybridized carbons (Fsp3) is 0.444. The van der Waals surface area contributed by atoms with Crippen molar-refractivity contribution in [3.05, 3.63) is 41.7 Å². The summed E-state index contributed by atoms with van der Waals surface area (Å²) in [4.78, 5) is 32.1. The number of aliphatic hydroxyl groups is 1. The number of nitrogens with one attached hydrogen (secondary N) is 3. The van der Waals surface area contributed by atoms with E-state index in [0.29, 0.717) is 84.9 Å². The Bertz CT molecular complexity index is 1400. The van der Waals surface area contributed by atoms with Gasteiger partial charge >= 0.3 is 0 Å². The number of allylic oxidation sites excluding steroid dienone is 1. The molecule has 0 saturated carbocycles. The number of morpholine rings is 1. The van der Waals surface area contributed by atoms with Crippen LogP contribution in [0.5, 0.6) is 0 Å². The molecule has 0 aliphatic carbocycles. The van der Waals surface area contributed by atoms with Crippen molar-refractivity contribution in [3.8, 4) is 0 Å². The van der Waals surface area contributed by atoms with Crippen LogP contribution in [0.2, 0.25) is 0 Å². The summed E-state index contributed by atoms with van der Waals surface area (Å²) in [7, 11) is 1.75. The molecule has 3 aromatic rings. The number of pyridine rings is 2. The molecule has 39 heavy (non-hydrogen) atoms. The Kier molecular flexibility index (Phi) is 6.88. The molecule has 0 spiro atoms. The SMILES string of the molecule is CN/C=C(\C=N)c1cccc(NC(=O)c2cc3oc(N4CCOCC4)nc3nc2N2C3CCC2CC(O)C3)n1. The van der Waals surface area contributed by atoms with Crippen LogP contribution in [0.3, 0.4) is 0 Å². The largest absolute Gasteiger partial charge is 0.422 e. The lowest BCUT2D eigenvalue weighted by Crippen LogP contribution is -2.46. The van der Waals surface area contributed by atoms with E-state index in [1.807, 2.05) is 4.90 Å². The zero-order valence-corrected chi connectivity index (χ0v) is 21.8. The van der Waals surface area contributed by atoms with Gasteiger partial charge in [-0.3, -0.25) is 4.79 Å². The van der Waals surface area contributed by atoms with Crippen molar-refractivity contribution >= 4 is 46.6 Å². The molecule has 12 nitrogen and oxygen atoms in total. The standard InChI is InChI=1S/C27H32N8O4/c1-29-15-16(14-28)21-3-2-4-23(30-21)31-26(37)20-13-22-24(33-27(39-22)34-7-9-38-10-8-34)32-25(20)35-17-5-6-18(35)12-19(36)11-17/h2-4,13-15,17-19,28-29,36H,5-12H2,1H3,(H,30,31,37)/b16-15+,28-14?. The summed E-state index contributed by atoms with van der Waals surface area (Å²) in [6, 6.07) is 7.65. The second kappa shape index (κ2) is 10.6. The van der Waals surface area contributed by atoms with Crippen LogP contribution in [-0.4, -0.2) is 83.7 Å². The van der Waals surface area contributed by atoms with Crippen molar-refractivity contribution in [2.45, 2.75) is 43.9 Å². The highest BCUT2D eigenvalue weighted by molar-refractivity contribution is 6.10. The van der Waals surface area contributed by atoms with Crippen molar-refractivity contribution < 1.29 is 19.1 Å². The van der Waals surface area contributed by atoms with E-state index in [0.717, 1.165) is 12.8 Å². The van der Waals surface area contributed by atoms with Gasteiger partial charge in [0.05, 0.1) is 30.6 Å². The molecule has 2 unspecified atom stereocenters. The maximum absolute atomic E-state index is 13.8. The molecule has 1 amide bonds. The number of nitrogens with zero attached hydrogens (tertiary/aromatic N) is 5. The first kappa shape index (κ1) is 25.3. The normalized spacial score (nSPS) is 23.2. The van der Waals surface area contributed by atoms with E-state index in [-0.39, 0.29) is 24.1 Å². The maximum Gasteiger partial charge on any atom is 0.300 e. The van der Waals surface area contributed by atoms with Gasteiger partial charge in [0.1, 0.15) is 11.6 Å². The zero-order valence-electron chi connectivity index (χ0n) is 21.8. The molecule has 0 radical (unpaired) electrons. The molecule has 3 fully saturated rings. The number of fused-ring (bicyclic) bond motifs is 3. The van der Waals surface area contributed by atoms with Gasteiger partial charge in [-0.05, 0) is 37.8 Å². The number of anilines is 3. The average Bonchev–Trinajstić information content (AvgIpc) is 3.49. The first-order valence-corrected chi connectivity index (χ1v) is 13.3. The number of piperidine rings is 1. The fourth-order valence-corrected chi connectivity index (χ4v) is 5.78. The minimum atomic E-state index is -0.368. The van der Waals surface area contributed by atoms with Gasteiger partial charge in [-0.2, -0.15) is 4.98 Å². The predicted molar refractivity (Wildman–Crippen MR) is 147 cm³/mol. The smallest absolute Gasteiger partial charge is 0.300 e. The van der Waals surface area contributed by atoms with Crippen molar-refractivity contribution in [2.75, 3.05) is 48.5 Å². The van der Waals surface area contributed by atoms with Crippen LogP contribution in [0.25, 0.3) is 16.8 Å². The van der Waals surface area contributed by atoms with Crippen molar-refractivity contribution in [3.63, 3.8) is 0 Å². The minimum Gasteiger partial charge on any atom is -0.422 e. The van der Waals surface area contributed by atoms with Crippen molar-refractivity contribution in [2.24, 2.45) is 0 Å². The number of ether oxygens (including phenoxy) is 1. The molecule has 0 aromatic carbocycles. The Morgan fingerprint density at radius 2 is 1.92 bits per heavy atom. The third-order valence-corrected chi connectivity index (χ3v) is 7.57. The highest BCUT2D eigenvalue weighted by Gasteiger charge is 2.42. The minimum absolute atomic E-state index is 0.101. The van der Waals surface area contributed by atoms with Gasteiger partial charge in [0.2, 0.25) is 5.65 Å². The van der Waals surface area contributed by atoms with Gasteiger partial charge in [-0.25, -0.2) is 9.97 Å². The summed E-state index contributed by atoms with van der Waals surface area (Å²) in [5, 5.41) is 23.9. The second-order valence-corrected chi connectivity index (χ2v) is 10.1. The molecule has 6 heterocycles. The summed E-state index contributed by atoms with van der Waals surface area (Å²) < 4.78 is 11.5. The lowest BCUT2D eigenvalue weighted by molar-refractivity contribution is 0.102. The van der Waals surface area contributed by atoms with E-state index in [1.54, 1.807) is 37.5 Å². The highest BCUT2D eigenvalue weighted by atomic mass is 16.5. The fourth-order valence-electron chi connectivity index (χ4n) is 5.78. The van der Waals surface area contributed by atoms with Gasteiger partial charge in [0.15, 0.2) is 5.58 Å². The van der Waals surface area contributed by atoms with Gasteiger partial charge in [-0.1, -0.05) is 6.07 Å².